The maximum Gasteiger partial charge on any atom is 0.0838 e. The number of nitrogens with zero attached hydrogens (tertiary/aromatic N) is 1. The Morgan fingerprint density at radius 3 is 2.69 bits per heavy atom. The number of anilines is 1. The van der Waals surface area contributed by atoms with Gasteiger partial charge in [0.2, 0.25) is 0 Å². The maximum absolute atomic E-state index is 9.66. The van der Waals surface area contributed by atoms with Crippen LogP contribution in [-0.4, -0.2) is 43.3 Å². The smallest absolute Gasteiger partial charge is 0.0838 e. The van der Waals surface area contributed by atoms with Gasteiger partial charge in [-0.3, -0.25) is 0 Å². The minimum absolute atomic E-state index is 0.440. The normalized spacial score (nSPS) is 12.9. The molecule has 16 heavy (non-hydrogen) atoms. The third kappa shape index (κ3) is 4.58. The molecule has 1 aromatic rings. The van der Waals surface area contributed by atoms with Crippen molar-refractivity contribution in [1.29, 1.82) is 0 Å². The van der Waals surface area contributed by atoms with Crippen LogP contribution in [0.25, 0.3) is 0 Å². The molecular formula is C11H16Cl2N2O. The van der Waals surface area contributed by atoms with Crippen molar-refractivity contribution in [3.63, 3.8) is 0 Å². The molecule has 0 radical (unpaired) electrons. The van der Waals surface area contributed by atoms with E-state index in [0.717, 1.165) is 5.69 Å². The maximum atomic E-state index is 9.66. The molecule has 0 aliphatic carbocycles. The minimum atomic E-state index is -0.440. The molecule has 0 fully saturated rings. The number of aliphatic hydroxyl groups is 1. The molecule has 0 amide bonds. The predicted octanol–water partition coefficient (Wildman–Crippen LogP) is 2.33. The summed E-state index contributed by atoms with van der Waals surface area (Å²) in [6.07, 6.45) is -0.440. The van der Waals surface area contributed by atoms with Crippen LogP contribution in [0.1, 0.15) is 0 Å². The number of benzene rings is 1. The van der Waals surface area contributed by atoms with Crippen molar-refractivity contribution in [1.82, 2.24) is 4.90 Å². The first-order valence-corrected chi connectivity index (χ1v) is 5.76. The molecule has 90 valence electrons. The zero-order valence-corrected chi connectivity index (χ0v) is 10.9. The van der Waals surface area contributed by atoms with Gasteiger partial charge in [-0.05, 0) is 32.3 Å². The van der Waals surface area contributed by atoms with Crippen LogP contribution in [0.2, 0.25) is 10.0 Å². The molecule has 0 spiro atoms. The average Bonchev–Trinajstić information content (AvgIpc) is 2.18. The summed E-state index contributed by atoms with van der Waals surface area (Å²) in [6, 6.07) is 5.20. The highest BCUT2D eigenvalue weighted by Gasteiger charge is 2.07. The summed E-state index contributed by atoms with van der Waals surface area (Å²) in [5, 5.41) is 13.9. The van der Waals surface area contributed by atoms with Gasteiger partial charge in [0.1, 0.15) is 0 Å². The van der Waals surface area contributed by atoms with Gasteiger partial charge in [-0.1, -0.05) is 23.2 Å². The van der Waals surface area contributed by atoms with E-state index in [9.17, 15) is 5.11 Å². The summed E-state index contributed by atoms with van der Waals surface area (Å²) < 4.78 is 0. The van der Waals surface area contributed by atoms with Crippen molar-refractivity contribution in [2.45, 2.75) is 6.10 Å². The van der Waals surface area contributed by atoms with E-state index in [-0.39, 0.29) is 0 Å². The molecule has 0 aromatic heterocycles. The average molecular weight is 263 g/mol. The van der Waals surface area contributed by atoms with Crippen molar-refractivity contribution in [3.8, 4) is 0 Å². The Balaban J connectivity index is 2.51. The number of halogens is 2. The molecule has 0 heterocycles. The topological polar surface area (TPSA) is 35.5 Å². The Bertz CT molecular complexity index is 345. The fraction of sp³-hybridized carbons (Fsp3) is 0.455. The lowest BCUT2D eigenvalue weighted by Gasteiger charge is -2.17. The van der Waals surface area contributed by atoms with Gasteiger partial charge in [0, 0.05) is 18.1 Å². The third-order valence-corrected chi connectivity index (χ3v) is 2.60. The second-order valence-corrected chi connectivity index (χ2v) is 4.76. The Morgan fingerprint density at radius 2 is 2.06 bits per heavy atom. The highest BCUT2D eigenvalue weighted by molar-refractivity contribution is 6.35. The molecule has 3 nitrogen and oxygen atoms in total. The van der Waals surface area contributed by atoms with Crippen LogP contribution in [0.4, 0.5) is 5.69 Å². The molecule has 1 aromatic carbocycles. The van der Waals surface area contributed by atoms with E-state index in [4.69, 9.17) is 23.2 Å². The largest absolute Gasteiger partial charge is 0.390 e. The second kappa shape index (κ2) is 6.30. The van der Waals surface area contributed by atoms with Crippen LogP contribution in [0, 0.1) is 0 Å². The van der Waals surface area contributed by atoms with Gasteiger partial charge in [0.05, 0.1) is 16.8 Å². The molecule has 1 atom stereocenters. The number of hydrogen-bond acceptors (Lipinski definition) is 3. The number of likely N-dealkylation sites (N-methyl/N-ethyl adjacent to an activating group) is 1. The fourth-order valence-electron chi connectivity index (χ4n) is 1.35. The van der Waals surface area contributed by atoms with Crippen LogP contribution in [0.15, 0.2) is 18.2 Å². The van der Waals surface area contributed by atoms with Crippen LogP contribution in [0.3, 0.4) is 0 Å². The minimum Gasteiger partial charge on any atom is -0.390 e. The number of rotatable bonds is 5. The second-order valence-electron chi connectivity index (χ2n) is 3.92. The lowest BCUT2D eigenvalue weighted by atomic mass is 10.3. The highest BCUT2D eigenvalue weighted by Crippen LogP contribution is 2.25. The standard InChI is InChI=1S/C11H16Cl2N2O/c1-15(2)7-9(16)6-14-11-5-8(12)3-4-10(11)13/h3-5,9,14,16H,6-7H2,1-2H3. The summed E-state index contributed by atoms with van der Waals surface area (Å²) in [7, 11) is 3.82. The number of hydrogen-bond donors (Lipinski definition) is 2. The van der Waals surface area contributed by atoms with E-state index in [1.807, 2.05) is 19.0 Å². The lowest BCUT2D eigenvalue weighted by molar-refractivity contribution is 0.148. The molecule has 1 rings (SSSR count). The number of nitrogens with one attached hydrogen (secondary N) is 1. The molecule has 0 bridgehead atoms. The molecule has 0 aliphatic rings. The Labute approximate surface area is 106 Å². The summed E-state index contributed by atoms with van der Waals surface area (Å²) in [5.41, 5.74) is 0.743. The monoisotopic (exact) mass is 262 g/mol. The SMILES string of the molecule is CN(C)CC(O)CNc1cc(Cl)ccc1Cl. The van der Waals surface area contributed by atoms with E-state index in [1.165, 1.54) is 0 Å². The fourth-order valence-corrected chi connectivity index (χ4v) is 1.70. The van der Waals surface area contributed by atoms with E-state index in [1.54, 1.807) is 18.2 Å². The van der Waals surface area contributed by atoms with Gasteiger partial charge in [-0.15, -0.1) is 0 Å². The van der Waals surface area contributed by atoms with Crippen LogP contribution < -0.4 is 5.32 Å². The van der Waals surface area contributed by atoms with Gasteiger partial charge in [0.15, 0.2) is 0 Å². The summed E-state index contributed by atoms with van der Waals surface area (Å²) in [5.74, 6) is 0. The number of aliphatic hydroxyl groups excluding tert-OH is 1. The van der Waals surface area contributed by atoms with Crippen molar-refractivity contribution in [3.05, 3.63) is 28.2 Å². The molecule has 0 saturated heterocycles. The summed E-state index contributed by atoms with van der Waals surface area (Å²) in [6.45, 7) is 1.05. The zero-order chi connectivity index (χ0) is 12.1. The Kier molecular flexibility index (Phi) is 5.35. The molecule has 1 unspecified atom stereocenters. The van der Waals surface area contributed by atoms with Crippen molar-refractivity contribution in [2.24, 2.45) is 0 Å². The molecule has 5 heteroatoms. The predicted molar refractivity (Wildman–Crippen MR) is 69.5 cm³/mol. The van der Waals surface area contributed by atoms with Crippen molar-refractivity contribution < 1.29 is 5.11 Å². The summed E-state index contributed by atoms with van der Waals surface area (Å²) in [4.78, 5) is 1.92. The van der Waals surface area contributed by atoms with E-state index in [2.05, 4.69) is 5.32 Å². The van der Waals surface area contributed by atoms with Gasteiger partial charge in [-0.2, -0.15) is 0 Å². The quantitative estimate of drug-likeness (QED) is 0.855. The Hall–Kier alpha value is -0.480. The van der Waals surface area contributed by atoms with Crippen LogP contribution in [-0.2, 0) is 0 Å². The first-order valence-electron chi connectivity index (χ1n) is 5.00. The first kappa shape index (κ1) is 13.6. The third-order valence-electron chi connectivity index (χ3n) is 2.03. The molecular weight excluding hydrogens is 247 g/mol. The van der Waals surface area contributed by atoms with Crippen molar-refractivity contribution in [2.75, 3.05) is 32.5 Å². The van der Waals surface area contributed by atoms with E-state index < -0.39 is 6.10 Å². The van der Waals surface area contributed by atoms with Crippen molar-refractivity contribution >= 4 is 28.9 Å². The van der Waals surface area contributed by atoms with E-state index in [0.29, 0.717) is 23.1 Å². The molecule has 2 N–H and O–H groups in total. The van der Waals surface area contributed by atoms with Gasteiger partial charge < -0.3 is 15.3 Å². The van der Waals surface area contributed by atoms with E-state index >= 15 is 0 Å². The van der Waals surface area contributed by atoms with Crippen LogP contribution >= 0.6 is 23.2 Å². The van der Waals surface area contributed by atoms with Gasteiger partial charge >= 0.3 is 0 Å². The first-order chi connectivity index (χ1) is 7.49. The van der Waals surface area contributed by atoms with Gasteiger partial charge in [-0.25, -0.2) is 0 Å². The zero-order valence-electron chi connectivity index (χ0n) is 9.37. The molecule has 0 saturated carbocycles. The Morgan fingerprint density at radius 1 is 1.38 bits per heavy atom. The summed E-state index contributed by atoms with van der Waals surface area (Å²) >= 11 is 11.8. The molecule has 0 aliphatic heterocycles. The lowest BCUT2D eigenvalue weighted by Crippen LogP contribution is -2.31. The highest BCUT2D eigenvalue weighted by atomic mass is 35.5. The van der Waals surface area contributed by atoms with Crippen LogP contribution in [0.5, 0.6) is 0 Å². The van der Waals surface area contributed by atoms with Gasteiger partial charge in [0.25, 0.3) is 0 Å².